The number of halogens is 1. The molecular weight excluding hydrogens is 466 g/mol. The van der Waals surface area contributed by atoms with Crippen LogP contribution < -0.4 is 20.2 Å². The Bertz CT molecular complexity index is 1160. The summed E-state index contributed by atoms with van der Waals surface area (Å²) in [7, 11) is 0. The number of hydrazone groups is 1. The highest BCUT2D eigenvalue weighted by atomic mass is 35.5. The third-order valence-corrected chi connectivity index (χ3v) is 5.14. The Morgan fingerprint density at radius 2 is 1.63 bits per heavy atom. The highest BCUT2D eigenvalue weighted by molar-refractivity contribution is 6.30. The second kappa shape index (κ2) is 13.2. The second-order valence-electron chi connectivity index (χ2n) is 7.76. The molecule has 182 valence electrons. The fourth-order valence-corrected chi connectivity index (χ4v) is 3.18. The van der Waals surface area contributed by atoms with Crippen molar-refractivity contribution in [3.8, 4) is 11.5 Å². The summed E-state index contributed by atoms with van der Waals surface area (Å²) in [6, 6.07) is 20.3. The van der Waals surface area contributed by atoms with Crippen LogP contribution in [0.5, 0.6) is 11.5 Å². The van der Waals surface area contributed by atoms with E-state index >= 15 is 0 Å². The highest BCUT2D eigenvalue weighted by Crippen LogP contribution is 2.29. The van der Waals surface area contributed by atoms with Crippen molar-refractivity contribution in [3.05, 3.63) is 88.4 Å². The van der Waals surface area contributed by atoms with Gasteiger partial charge in [-0.1, -0.05) is 41.4 Å². The third kappa shape index (κ3) is 8.79. The lowest BCUT2D eigenvalue weighted by molar-refractivity contribution is -0.124. The number of hydrogen-bond donors (Lipinski definition) is 2. The van der Waals surface area contributed by atoms with Gasteiger partial charge in [-0.25, -0.2) is 5.43 Å². The molecule has 8 heteroatoms. The highest BCUT2D eigenvalue weighted by Gasteiger charge is 2.08. The van der Waals surface area contributed by atoms with Crippen LogP contribution in [0.25, 0.3) is 0 Å². The largest absolute Gasteiger partial charge is 0.490 e. The van der Waals surface area contributed by atoms with Crippen molar-refractivity contribution in [1.82, 2.24) is 5.43 Å². The van der Waals surface area contributed by atoms with E-state index in [-0.39, 0.29) is 24.7 Å². The van der Waals surface area contributed by atoms with E-state index in [9.17, 15) is 9.59 Å². The number of hydrogen-bond acceptors (Lipinski definition) is 5. The third-order valence-electron chi connectivity index (χ3n) is 4.89. The minimum atomic E-state index is -0.353. The summed E-state index contributed by atoms with van der Waals surface area (Å²) in [6.45, 7) is 4.70. The summed E-state index contributed by atoms with van der Waals surface area (Å²) in [5.41, 5.74) is 5.96. The van der Waals surface area contributed by atoms with Gasteiger partial charge in [-0.2, -0.15) is 5.10 Å². The van der Waals surface area contributed by atoms with Crippen molar-refractivity contribution in [3.63, 3.8) is 0 Å². The SMILES string of the molecule is CCOc1cc(C=NNC(=O)CCC(=O)Nc2ccc(C)cc2)ccc1OCc1ccc(Cl)cc1. The predicted octanol–water partition coefficient (Wildman–Crippen LogP) is 5.50. The van der Waals surface area contributed by atoms with Gasteiger partial charge in [0, 0.05) is 23.6 Å². The molecule has 0 bridgehead atoms. The molecule has 3 aromatic rings. The standard InChI is InChI=1S/C27H28ClN3O4/c1-3-34-25-16-21(8-13-24(25)35-18-20-6-9-22(28)10-7-20)17-29-31-27(33)15-14-26(32)30-23-11-4-19(2)5-12-23/h4-13,16-17H,3,14-15,18H2,1-2H3,(H,30,32)(H,31,33). The lowest BCUT2D eigenvalue weighted by Gasteiger charge is -2.12. The average molecular weight is 494 g/mol. The van der Waals surface area contributed by atoms with Gasteiger partial charge in [-0.15, -0.1) is 0 Å². The van der Waals surface area contributed by atoms with Crippen LogP contribution >= 0.6 is 11.6 Å². The van der Waals surface area contributed by atoms with Gasteiger partial charge in [0.25, 0.3) is 0 Å². The molecule has 7 nitrogen and oxygen atoms in total. The molecule has 3 rings (SSSR count). The van der Waals surface area contributed by atoms with Crippen LogP contribution in [0.15, 0.2) is 71.8 Å². The maximum absolute atomic E-state index is 12.0. The maximum Gasteiger partial charge on any atom is 0.240 e. The topological polar surface area (TPSA) is 89.0 Å². The molecular formula is C27H28ClN3O4. The summed E-state index contributed by atoms with van der Waals surface area (Å²) in [5.74, 6) is 0.587. The Balaban J connectivity index is 1.48. The molecule has 0 aliphatic carbocycles. The number of nitrogens with one attached hydrogen (secondary N) is 2. The Morgan fingerprint density at radius 1 is 0.914 bits per heavy atom. The first kappa shape index (κ1) is 25.8. The molecule has 0 atom stereocenters. The minimum Gasteiger partial charge on any atom is -0.490 e. The summed E-state index contributed by atoms with van der Waals surface area (Å²) >= 11 is 5.92. The number of ether oxygens (including phenoxy) is 2. The van der Waals surface area contributed by atoms with Gasteiger partial charge in [-0.3, -0.25) is 9.59 Å². The quantitative estimate of drug-likeness (QED) is 0.273. The molecule has 0 aliphatic heterocycles. The van der Waals surface area contributed by atoms with E-state index in [0.29, 0.717) is 35.4 Å². The summed E-state index contributed by atoms with van der Waals surface area (Å²) in [4.78, 5) is 24.1. The van der Waals surface area contributed by atoms with Crippen LogP contribution in [0.3, 0.4) is 0 Å². The molecule has 0 spiro atoms. The van der Waals surface area contributed by atoms with Crippen molar-refractivity contribution in [2.45, 2.75) is 33.3 Å². The lowest BCUT2D eigenvalue weighted by Crippen LogP contribution is -2.20. The predicted molar refractivity (Wildman–Crippen MR) is 138 cm³/mol. The van der Waals surface area contributed by atoms with Gasteiger partial charge in [0.15, 0.2) is 11.5 Å². The lowest BCUT2D eigenvalue weighted by atomic mass is 10.2. The molecule has 0 saturated carbocycles. The normalized spacial score (nSPS) is 10.7. The molecule has 0 unspecified atom stereocenters. The molecule has 3 aromatic carbocycles. The van der Waals surface area contributed by atoms with Crippen LogP contribution in [0, 0.1) is 6.92 Å². The van der Waals surface area contributed by atoms with E-state index in [0.717, 1.165) is 16.7 Å². The average Bonchev–Trinajstić information content (AvgIpc) is 2.85. The van der Waals surface area contributed by atoms with E-state index in [2.05, 4.69) is 15.8 Å². The number of carbonyl (C=O) groups is 2. The molecule has 0 fully saturated rings. The van der Waals surface area contributed by atoms with Crippen LogP contribution in [0.4, 0.5) is 5.69 Å². The zero-order valence-corrected chi connectivity index (χ0v) is 20.5. The fraction of sp³-hybridized carbons (Fsp3) is 0.222. The molecule has 2 amide bonds. The first-order chi connectivity index (χ1) is 16.9. The first-order valence-electron chi connectivity index (χ1n) is 11.3. The zero-order valence-electron chi connectivity index (χ0n) is 19.7. The molecule has 0 heterocycles. The fourth-order valence-electron chi connectivity index (χ4n) is 3.06. The van der Waals surface area contributed by atoms with E-state index in [1.165, 1.54) is 6.21 Å². The molecule has 35 heavy (non-hydrogen) atoms. The maximum atomic E-state index is 12.0. The van der Waals surface area contributed by atoms with E-state index < -0.39 is 0 Å². The van der Waals surface area contributed by atoms with Crippen molar-refractivity contribution < 1.29 is 19.1 Å². The summed E-state index contributed by atoms with van der Waals surface area (Å²) in [6.07, 6.45) is 1.59. The number of anilines is 1. The Hall–Kier alpha value is -3.84. The monoisotopic (exact) mass is 493 g/mol. The van der Waals surface area contributed by atoms with Crippen molar-refractivity contribution in [2.75, 3.05) is 11.9 Å². The molecule has 0 radical (unpaired) electrons. The van der Waals surface area contributed by atoms with Crippen LogP contribution in [0.1, 0.15) is 36.5 Å². The van der Waals surface area contributed by atoms with Crippen molar-refractivity contribution >= 4 is 35.3 Å². The van der Waals surface area contributed by atoms with Gasteiger partial charge < -0.3 is 14.8 Å². The van der Waals surface area contributed by atoms with Gasteiger partial charge in [0.05, 0.1) is 12.8 Å². The van der Waals surface area contributed by atoms with E-state index in [1.54, 1.807) is 12.1 Å². The first-order valence-corrected chi connectivity index (χ1v) is 11.6. The Morgan fingerprint density at radius 3 is 2.34 bits per heavy atom. The van der Waals surface area contributed by atoms with E-state index in [4.69, 9.17) is 21.1 Å². The zero-order chi connectivity index (χ0) is 25.0. The number of amides is 2. The van der Waals surface area contributed by atoms with Crippen molar-refractivity contribution in [1.29, 1.82) is 0 Å². The van der Waals surface area contributed by atoms with Gasteiger partial charge in [-0.05, 0) is 67.4 Å². The molecule has 0 aliphatic rings. The Kier molecular flexibility index (Phi) is 9.69. The van der Waals surface area contributed by atoms with Crippen LogP contribution in [-0.2, 0) is 16.2 Å². The van der Waals surface area contributed by atoms with E-state index in [1.807, 2.05) is 68.4 Å². The van der Waals surface area contributed by atoms with Gasteiger partial charge >= 0.3 is 0 Å². The smallest absolute Gasteiger partial charge is 0.240 e. The second-order valence-corrected chi connectivity index (χ2v) is 8.20. The number of carbonyl (C=O) groups excluding carboxylic acids is 2. The number of rotatable bonds is 11. The number of benzene rings is 3. The van der Waals surface area contributed by atoms with Gasteiger partial charge in [0.2, 0.25) is 11.8 Å². The molecule has 0 aromatic heterocycles. The van der Waals surface area contributed by atoms with Crippen LogP contribution in [-0.4, -0.2) is 24.6 Å². The summed E-state index contributed by atoms with van der Waals surface area (Å²) < 4.78 is 11.6. The Labute approximate surface area is 210 Å². The summed E-state index contributed by atoms with van der Waals surface area (Å²) in [5, 5.41) is 7.42. The van der Waals surface area contributed by atoms with Crippen molar-refractivity contribution in [2.24, 2.45) is 5.10 Å². The van der Waals surface area contributed by atoms with Gasteiger partial charge in [0.1, 0.15) is 6.61 Å². The molecule has 0 saturated heterocycles. The molecule has 2 N–H and O–H groups in total. The number of aryl methyl sites for hydroxylation is 1. The van der Waals surface area contributed by atoms with Crippen LogP contribution in [0.2, 0.25) is 5.02 Å². The number of nitrogens with zero attached hydrogens (tertiary/aromatic N) is 1. The minimum absolute atomic E-state index is 0.0245.